The maximum Gasteiger partial charge on any atom is 0.137 e. The summed E-state index contributed by atoms with van der Waals surface area (Å²) in [5.74, 6) is 1.91. The van der Waals surface area contributed by atoms with Crippen LogP contribution in [0.15, 0.2) is 6.33 Å². The molecule has 5 heteroatoms. The Morgan fingerprint density at radius 3 is 2.71 bits per heavy atom. The first-order chi connectivity index (χ1) is 8.24. The number of nitrogens with zero attached hydrogens (tertiary/aromatic N) is 3. The molecule has 1 saturated heterocycles. The van der Waals surface area contributed by atoms with Crippen LogP contribution in [-0.2, 0) is 4.74 Å². The molecule has 0 aromatic carbocycles. The van der Waals surface area contributed by atoms with Crippen LogP contribution in [0, 0.1) is 6.92 Å². The first-order valence-corrected chi connectivity index (χ1v) is 6.04. The van der Waals surface area contributed by atoms with Crippen LogP contribution in [-0.4, -0.2) is 43.3 Å². The van der Waals surface area contributed by atoms with Gasteiger partial charge in [-0.05, 0) is 19.8 Å². The van der Waals surface area contributed by atoms with Crippen LogP contribution in [0.1, 0.15) is 18.4 Å². The highest BCUT2D eigenvalue weighted by Crippen LogP contribution is 2.25. The van der Waals surface area contributed by atoms with Crippen LogP contribution < -0.4 is 10.2 Å². The molecule has 1 aromatic rings. The molecular weight excluding hydrogens is 216 g/mol. The summed E-state index contributed by atoms with van der Waals surface area (Å²) >= 11 is 0. The van der Waals surface area contributed by atoms with E-state index in [1.165, 1.54) is 0 Å². The van der Waals surface area contributed by atoms with Crippen LogP contribution >= 0.6 is 0 Å². The molecule has 0 aliphatic carbocycles. The van der Waals surface area contributed by atoms with Gasteiger partial charge in [0.1, 0.15) is 18.0 Å². The third-order valence-corrected chi connectivity index (χ3v) is 3.37. The molecule has 0 amide bonds. The third-order valence-electron chi connectivity index (χ3n) is 3.37. The zero-order valence-electron chi connectivity index (χ0n) is 10.7. The second kappa shape index (κ2) is 5.31. The number of rotatable bonds is 3. The van der Waals surface area contributed by atoms with Gasteiger partial charge >= 0.3 is 0 Å². The average Bonchev–Trinajstić information content (AvgIpc) is 2.39. The molecule has 1 aromatic heterocycles. The van der Waals surface area contributed by atoms with Gasteiger partial charge in [-0.25, -0.2) is 9.97 Å². The standard InChI is InChI=1S/C12H20N4O/c1-9-11(13-2)14-8-15-12(9)16(3)10-4-6-17-7-5-10/h8,10H,4-7H2,1-3H3,(H,13,14,15). The summed E-state index contributed by atoms with van der Waals surface area (Å²) in [4.78, 5) is 10.9. The van der Waals surface area contributed by atoms with Crippen molar-refractivity contribution in [2.45, 2.75) is 25.8 Å². The minimum absolute atomic E-state index is 0.516. The van der Waals surface area contributed by atoms with E-state index in [0.717, 1.165) is 43.3 Å². The van der Waals surface area contributed by atoms with Gasteiger partial charge in [0.15, 0.2) is 0 Å². The molecule has 0 unspecified atom stereocenters. The number of ether oxygens (including phenoxy) is 1. The fourth-order valence-electron chi connectivity index (χ4n) is 2.29. The average molecular weight is 236 g/mol. The molecule has 0 saturated carbocycles. The second-order valence-electron chi connectivity index (χ2n) is 4.38. The molecule has 94 valence electrons. The van der Waals surface area contributed by atoms with Crippen molar-refractivity contribution in [2.24, 2.45) is 0 Å². The van der Waals surface area contributed by atoms with E-state index in [1.54, 1.807) is 6.33 Å². The maximum absolute atomic E-state index is 5.39. The molecule has 5 nitrogen and oxygen atoms in total. The van der Waals surface area contributed by atoms with Crippen molar-refractivity contribution in [3.05, 3.63) is 11.9 Å². The predicted molar refractivity (Wildman–Crippen MR) is 68.6 cm³/mol. The van der Waals surface area contributed by atoms with Gasteiger partial charge in [0.25, 0.3) is 0 Å². The van der Waals surface area contributed by atoms with E-state index >= 15 is 0 Å². The summed E-state index contributed by atoms with van der Waals surface area (Å²) in [5, 5.41) is 3.09. The Kier molecular flexibility index (Phi) is 3.78. The van der Waals surface area contributed by atoms with E-state index in [9.17, 15) is 0 Å². The number of aromatic nitrogens is 2. The van der Waals surface area contributed by atoms with Crippen molar-refractivity contribution >= 4 is 11.6 Å². The van der Waals surface area contributed by atoms with E-state index < -0.39 is 0 Å². The van der Waals surface area contributed by atoms with Crippen molar-refractivity contribution in [3.63, 3.8) is 0 Å². The zero-order valence-corrected chi connectivity index (χ0v) is 10.7. The Labute approximate surface area is 102 Å². The molecule has 1 N–H and O–H groups in total. The first-order valence-electron chi connectivity index (χ1n) is 6.04. The Morgan fingerprint density at radius 1 is 1.35 bits per heavy atom. The van der Waals surface area contributed by atoms with Gasteiger partial charge in [-0.3, -0.25) is 0 Å². The molecule has 0 radical (unpaired) electrons. The lowest BCUT2D eigenvalue weighted by Gasteiger charge is -2.33. The molecule has 0 bridgehead atoms. The SMILES string of the molecule is CNc1ncnc(N(C)C2CCOCC2)c1C. The Balaban J connectivity index is 2.20. The van der Waals surface area contributed by atoms with E-state index in [0.29, 0.717) is 6.04 Å². The quantitative estimate of drug-likeness (QED) is 0.860. The molecule has 0 spiro atoms. The smallest absolute Gasteiger partial charge is 0.137 e. The van der Waals surface area contributed by atoms with Crippen molar-refractivity contribution in [1.82, 2.24) is 9.97 Å². The summed E-state index contributed by atoms with van der Waals surface area (Å²) in [6.45, 7) is 3.74. The summed E-state index contributed by atoms with van der Waals surface area (Å²) in [7, 11) is 3.98. The van der Waals surface area contributed by atoms with Gasteiger partial charge in [0.05, 0.1) is 0 Å². The highest BCUT2D eigenvalue weighted by molar-refractivity contribution is 5.57. The van der Waals surface area contributed by atoms with Crippen molar-refractivity contribution < 1.29 is 4.74 Å². The zero-order chi connectivity index (χ0) is 12.3. The minimum Gasteiger partial charge on any atom is -0.381 e. The molecule has 1 fully saturated rings. The molecule has 1 aliphatic rings. The molecule has 1 aliphatic heterocycles. The van der Waals surface area contributed by atoms with Crippen molar-refractivity contribution in [3.8, 4) is 0 Å². The Hall–Kier alpha value is -1.36. The molecular formula is C12H20N4O. The van der Waals surface area contributed by atoms with E-state index in [-0.39, 0.29) is 0 Å². The number of anilines is 2. The van der Waals surface area contributed by atoms with Crippen LogP contribution in [0.2, 0.25) is 0 Å². The van der Waals surface area contributed by atoms with E-state index in [2.05, 4.69) is 34.2 Å². The van der Waals surface area contributed by atoms with Gasteiger partial charge in [-0.15, -0.1) is 0 Å². The molecule has 2 rings (SSSR count). The fraction of sp³-hybridized carbons (Fsp3) is 0.667. The van der Waals surface area contributed by atoms with Gasteiger partial charge in [0.2, 0.25) is 0 Å². The Morgan fingerprint density at radius 2 is 2.06 bits per heavy atom. The van der Waals surface area contributed by atoms with E-state index in [4.69, 9.17) is 4.74 Å². The highest BCUT2D eigenvalue weighted by atomic mass is 16.5. The molecule has 17 heavy (non-hydrogen) atoms. The number of hydrogen-bond donors (Lipinski definition) is 1. The minimum atomic E-state index is 0.516. The summed E-state index contributed by atoms with van der Waals surface area (Å²) in [5.41, 5.74) is 1.10. The third kappa shape index (κ3) is 2.49. The fourth-order valence-corrected chi connectivity index (χ4v) is 2.29. The topological polar surface area (TPSA) is 50.3 Å². The summed E-state index contributed by atoms with van der Waals surface area (Å²) in [6.07, 6.45) is 3.74. The van der Waals surface area contributed by atoms with Crippen LogP contribution in [0.25, 0.3) is 0 Å². The van der Waals surface area contributed by atoms with Crippen LogP contribution in [0.3, 0.4) is 0 Å². The molecule has 2 heterocycles. The molecule has 0 atom stereocenters. The summed E-state index contributed by atoms with van der Waals surface area (Å²) < 4.78 is 5.39. The largest absolute Gasteiger partial charge is 0.381 e. The van der Waals surface area contributed by atoms with Gasteiger partial charge in [-0.2, -0.15) is 0 Å². The number of hydrogen-bond acceptors (Lipinski definition) is 5. The monoisotopic (exact) mass is 236 g/mol. The van der Waals surface area contributed by atoms with Crippen molar-refractivity contribution in [1.29, 1.82) is 0 Å². The second-order valence-corrected chi connectivity index (χ2v) is 4.38. The number of nitrogens with one attached hydrogen (secondary N) is 1. The first kappa shape index (κ1) is 12.1. The van der Waals surface area contributed by atoms with Crippen LogP contribution in [0.5, 0.6) is 0 Å². The lowest BCUT2D eigenvalue weighted by Crippen LogP contribution is -2.37. The normalized spacial score (nSPS) is 16.9. The maximum atomic E-state index is 5.39. The van der Waals surface area contributed by atoms with Gasteiger partial charge in [0, 0.05) is 38.9 Å². The predicted octanol–water partition coefficient (Wildman–Crippen LogP) is 1.44. The van der Waals surface area contributed by atoms with Gasteiger partial charge < -0.3 is 15.0 Å². The van der Waals surface area contributed by atoms with Gasteiger partial charge in [-0.1, -0.05) is 0 Å². The van der Waals surface area contributed by atoms with Crippen molar-refractivity contribution in [2.75, 3.05) is 37.5 Å². The van der Waals surface area contributed by atoms with E-state index in [1.807, 2.05) is 7.05 Å². The summed E-state index contributed by atoms with van der Waals surface area (Å²) in [6, 6.07) is 0.516. The lowest BCUT2D eigenvalue weighted by molar-refractivity contribution is 0.0853. The Bertz CT molecular complexity index is 377. The van der Waals surface area contributed by atoms with Crippen LogP contribution in [0.4, 0.5) is 11.6 Å². The highest BCUT2D eigenvalue weighted by Gasteiger charge is 2.21. The lowest BCUT2D eigenvalue weighted by atomic mass is 10.1.